The number of rotatable bonds is 8. The molecule has 16 nitrogen and oxygen atoms in total. The van der Waals surface area contributed by atoms with Crippen molar-refractivity contribution in [2.45, 2.75) is 104 Å². The largest absolute Gasteiger partial charge is 0.308 e. The van der Waals surface area contributed by atoms with Gasteiger partial charge < -0.3 is 18.3 Å². The SMILES string of the molecule is Cc1cc(-c2ccccc2C)[n+](C)c(-c2cn3c(C)c(C)nc3n2C)c1.Cc1ccc(-c2cccc(-c3cn4c(C)c(C)nc4n3C)[n+]2C)c(C)c1.Cc1ccc(C)c(-c2cccc(-c3cn4c(C)c(C)nc4n3C)[n+]2C)c1.[2H]C([2H])([2H])c1nc2n(C)c(-c3cccc(-c4ccccc4C)[n+]3C)cn2c1C. The molecule has 0 atom stereocenters. The number of pyridine rings is 4. The van der Waals surface area contributed by atoms with E-state index in [1.54, 1.807) is 6.92 Å². The van der Waals surface area contributed by atoms with Gasteiger partial charge in [-0.3, -0.25) is 17.6 Å². The van der Waals surface area contributed by atoms with Crippen LogP contribution in [0.15, 0.2) is 176 Å². The van der Waals surface area contributed by atoms with Crippen molar-refractivity contribution in [1.29, 1.82) is 0 Å². The Morgan fingerprint density at radius 3 is 0.981 bits per heavy atom. The molecule has 4 aromatic carbocycles. The fraction of sp³-hybridized carbons (Fsp3) is 0.264. The summed E-state index contributed by atoms with van der Waals surface area (Å²) in [6, 6.07) is 53.9. The van der Waals surface area contributed by atoms with Gasteiger partial charge in [-0.2, -0.15) is 18.3 Å². The smallest absolute Gasteiger partial charge is 0.231 e. The van der Waals surface area contributed by atoms with Crippen molar-refractivity contribution < 1.29 is 22.4 Å². The Morgan fingerprint density at radius 2 is 0.583 bits per heavy atom. The van der Waals surface area contributed by atoms with E-state index in [0.29, 0.717) is 11.5 Å². The van der Waals surface area contributed by atoms with Crippen LogP contribution in [-0.2, 0) is 56.4 Å². The third-order valence-corrected chi connectivity index (χ3v) is 21.2. The molecule has 0 saturated carbocycles. The van der Waals surface area contributed by atoms with Crippen molar-refractivity contribution in [3.63, 3.8) is 0 Å². The van der Waals surface area contributed by atoms with Crippen LogP contribution in [0.1, 0.15) is 88.6 Å². The van der Waals surface area contributed by atoms with E-state index in [4.69, 9.17) is 19.1 Å². The topological polar surface area (TPSA) is 104 Å². The van der Waals surface area contributed by atoms with E-state index < -0.39 is 6.85 Å². The maximum atomic E-state index is 7.69. The van der Waals surface area contributed by atoms with Crippen molar-refractivity contribution in [3.8, 4) is 90.6 Å². The van der Waals surface area contributed by atoms with Gasteiger partial charge in [0.1, 0.15) is 51.0 Å². The quantitative estimate of drug-likeness (QED) is 0.141. The lowest BCUT2D eigenvalue weighted by molar-refractivity contribution is -0.649. The molecule has 0 amide bonds. The fourth-order valence-electron chi connectivity index (χ4n) is 14.6. The number of benzene rings is 4. The van der Waals surface area contributed by atoms with Crippen LogP contribution < -0.4 is 18.3 Å². The zero-order valence-corrected chi connectivity index (χ0v) is 63.9. The zero-order chi connectivity index (χ0) is 76.0. The van der Waals surface area contributed by atoms with Crippen LogP contribution in [0.25, 0.3) is 114 Å². The van der Waals surface area contributed by atoms with Crippen molar-refractivity contribution >= 4 is 23.1 Å². The first-order chi connectivity index (χ1) is 50.3. The molecule has 0 N–H and O–H groups in total. The van der Waals surface area contributed by atoms with Crippen molar-refractivity contribution in [2.75, 3.05) is 0 Å². The molecule has 0 saturated heterocycles. The number of nitrogens with zero attached hydrogens (tertiary/aromatic N) is 16. The summed E-state index contributed by atoms with van der Waals surface area (Å²) in [5.41, 5.74) is 35.3. The molecule has 0 fully saturated rings. The maximum Gasteiger partial charge on any atom is 0.231 e. The van der Waals surface area contributed by atoms with Crippen LogP contribution in [0, 0.1) is 104 Å². The second-order valence-electron chi connectivity index (χ2n) is 28.1. The van der Waals surface area contributed by atoms with Gasteiger partial charge in [0.2, 0.25) is 68.7 Å². The lowest BCUT2D eigenvalue weighted by Crippen LogP contribution is -2.35. The van der Waals surface area contributed by atoms with Gasteiger partial charge in [0.25, 0.3) is 0 Å². The highest BCUT2D eigenvalue weighted by molar-refractivity contribution is 5.69. The average molecular weight is 1370 g/mol. The Kier molecular flexibility index (Phi) is 17.6. The Morgan fingerprint density at radius 1 is 0.272 bits per heavy atom. The van der Waals surface area contributed by atoms with Gasteiger partial charge in [-0.15, -0.1) is 0 Å². The third kappa shape index (κ3) is 12.5. The Hall–Kier alpha value is -11.5. The van der Waals surface area contributed by atoms with Crippen molar-refractivity contribution in [1.82, 2.24) is 55.8 Å². The maximum absolute atomic E-state index is 7.69. The van der Waals surface area contributed by atoms with Crippen LogP contribution in [0.2, 0.25) is 0 Å². The van der Waals surface area contributed by atoms with Crippen LogP contribution in [0.3, 0.4) is 0 Å². The van der Waals surface area contributed by atoms with Crippen molar-refractivity contribution in [3.05, 3.63) is 261 Å². The van der Waals surface area contributed by atoms with Gasteiger partial charge in [-0.25, -0.2) is 19.9 Å². The first-order valence-corrected chi connectivity index (χ1v) is 35.2. The monoisotopic (exact) mass is 1370 g/mol. The second-order valence-corrected chi connectivity index (χ2v) is 28.1. The summed E-state index contributed by atoms with van der Waals surface area (Å²) in [7, 11) is 16.6. The number of fused-ring (bicyclic) bond motifs is 4. The van der Waals surface area contributed by atoms with E-state index >= 15 is 0 Å². The van der Waals surface area contributed by atoms with E-state index in [1.165, 1.54) is 112 Å². The Balaban J connectivity index is 0.000000125. The summed E-state index contributed by atoms with van der Waals surface area (Å²) >= 11 is 0. The predicted molar refractivity (Wildman–Crippen MR) is 416 cm³/mol. The number of aromatic nitrogens is 16. The molecule has 0 aliphatic carbocycles. The first kappa shape index (κ1) is 66.1. The lowest BCUT2D eigenvalue weighted by atomic mass is 10.0. The lowest BCUT2D eigenvalue weighted by Gasteiger charge is -2.09. The predicted octanol–water partition coefficient (Wildman–Crippen LogP) is 16.0. The normalized spacial score (nSPS) is 12.0. The number of hydrogen-bond donors (Lipinski definition) is 0. The summed E-state index contributed by atoms with van der Waals surface area (Å²) in [5, 5.41) is 0. The van der Waals surface area contributed by atoms with E-state index in [0.717, 1.165) is 68.6 Å². The highest BCUT2D eigenvalue weighted by atomic mass is 15.2. The fourth-order valence-corrected chi connectivity index (χ4v) is 14.6. The van der Waals surface area contributed by atoms with E-state index in [1.807, 2.05) is 47.5 Å². The minimum atomic E-state index is -2.22. The van der Waals surface area contributed by atoms with Gasteiger partial charge >= 0.3 is 0 Å². The highest BCUT2D eigenvalue weighted by Crippen LogP contribution is 2.32. The number of hydrogen-bond acceptors (Lipinski definition) is 4. The molecule has 12 aromatic heterocycles. The van der Waals surface area contributed by atoms with Crippen molar-refractivity contribution in [2.24, 2.45) is 56.4 Å². The summed E-state index contributed by atoms with van der Waals surface area (Å²) in [4.78, 5) is 18.5. The number of aryl methyl sites for hydroxylation is 19. The molecule has 0 spiro atoms. The van der Waals surface area contributed by atoms with E-state index in [-0.39, 0.29) is 5.69 Å². The van der Waals surface area contributed by atoms with E-state index in [2.05, 4.69) is 335 Å². The molecule has 0 unspecified atom stereocenters. The molecule has 16 rings (SSSR count). The molecular formula is C87H98N16+4. The molecule has 0 aliphatic rings. The van der Waals surface area contributed by atoms with Gasteiger partial charge in [0.05, 0.1) is 22.8 Å². The number of imidazole rings is 8. The summed E-state index contributed by atoms with van der Waals surface area (Å²) < 4.78 is 48.9. The molecule has 522 valence electrons. The van der Waals surface area contributed by atoms with Gasteiger partial charge in [0.15, 0.2) is 0 Å². The standard InChI is InChI=1S/3C22H25N4.C21H23N4/c1-14-10-11-18(15(2)12-14)19-8-7-9-20(24(19)5)21-13-26-17(4)16(3)23-22(26)25(21)6;1-14-10-11-15(2)18(12-14)19-8-7-9-20(24(19)5)21-13-26-17(4)16(3)23-22(26)25(21)6;1-14-11-19(18-10-8-7-9-15(18)2)24(5)20(12-14)21-13-26-17(4)16(3)23-22(26)25(21)6;1-14-9-6-7-10-17(14)18-11-8-12-19(23(18)4)20-13-25-16(3)15(2)22-21(25)24(20)5/h3*7-13H,1-6H3;6-13H,1-5H3/q4*+1/i;;;2D3. The Bertz CT molecular complexity index is 6120. The molecule has 103 heavy (non-hydrogen) atoms. The van der Waals surface area contributed by atoms with Crippen LogP contribution in [0.5, 0.6) is 0 Å². The first-order valence-electron chi connectivity index (χ1n) is 36.7. The molecule has 16 aromatic rings. The highest BCUT2D eigenvalue weighted by Gasteiger charge is 2.28. The van der Waals surface area contributed by atoms with Gasteiger partial charge in [-0.05, 0) is 174 Å². The van der Waals surface area contributed by atoms with Crippen LogP contribution >= 0.6 is 0 Å². The minimum Gasteiger partial charge on any atom is -0.308 e. The Labute approximate surface area is 609 Å². The minimum absolute atomic E-state index is 0.155. The molecule has 0 bridgehead atoms. The molecule has 0 radical (unpaired) electrons. The molecular weight excluding hydrogens is 1270 g/mol. The average Bonchev–Trinajstić information content (AvgIpc) is 1.69. The van der Waals surface area contributed by atoms with Crippen LogP contribution in [0.4, 0.5) is 0 Å². The summed E-state index contributed by atoms with van der Waals surface area (Å²) in [5.74, 6) is 3.56. The third-order valence-electron chi connectivity index (χ3n) is 21.2. The van der Waals surface area contributed by atoms with E-state index in [9.17, 15) is 0 Å². The summed E-state index contributed by atoms with van der Waals surface area (Å²) in [6.45, 7) is 27.2. The summed E-state index contributed by atoms with van der Waals surface area (Å²) in [6.07, 6.45) is 8.53. The zero-order valence-electron chi connectivity index (χ0n) is 66.9. The second kappa shape index (κ2) is 27.4. The molecule has 0 aliphatic heterocycles. The van der Waals surface area contributed by atoms with Gasteiger partial charge in [-0.1, -0.05) is 71.8 Å². The van der Waals surface area contributed by atoms with Gasteiger partial charge in [0, 0.05) is 151 Å². The molecule has 16 heteroatoms. The molecule has 12 heterocycles. The van der Waals surface area contributed by atoms with Crippen LogP contribution in [-0.4, -0.2) is 55.8 Å².